The molecule has 30 heavy (non-hydrogen) atoms. The van der Waals surface area contributed by atoms with Crippen molar-refractivity contribution in [3.63, 3.8) is 0 Å². The highest BCUT2D eigenvalue weighted by Gasteiger charge is 2.30. The summed E-state index contributed by atoms with van der Waals surface area (Å²) in [5, 5.41) is 3.67. The van der Waals surface area contributed by atoms with E-state index in [4.69, 9.17) is 0 Å². The first-order chi connectivity index (χ1) is 14.6. The smallest absolute Gasteiger partial charge is 0.254 e. The van der Waals surface area contributed by atoms with Crippen LogP contribution in [0.3, 0.4) is 0 Å². The summed E-state index contributed by atoms with van der Waals surface area (Å²) in [4.78, 5) is 31.4. The third-order valence-electron chi connectivity index (χ3n) is 5.22. The number of thioether (sulfide) groups is 1. The van der Waals surface area contributed by atoms with Gasteiger partial charge in [-0.05, 0) is 42.7 Å². The summed E-state index contributed by atoms with van der Waals surface area (Å²) in [6.45, 7) is 0.765. The minimum Gasteiger partial charge on any atom is -0.332 e. The summed E-state index contributed by atoms with van der Waals surface area (Å²) in [6, 6.07) is 17.4. The fraction of sp³-hybridized carbons (Fsp3) is 0.261. The van der Waals surface area contributed by atoms with Crippen molar-refractivity contribution < 1.29 is 9.59 Å². The van der Waals surface area contributed by atoms with Gasteiger partial charge in [0.05, 0.1) is 11.8 Å². The third kappa shape index (κ3) is 4.57. The first-order valence-electron chi connectivity index (χ1n) is 9.98. The Labute approximate surface area is 180 Å². The lowest BCUT2D eigenvalue weighted by Gasteiger charge is -2.25. The number of likely N-dealkylation sites (tertiary alicyclic amines) is 1. The largest absolute Gasteiger partial charge is 0.332 e. The number of anilines is 1. The maximum atomic E-state index is 13.1. The minimum atomic E-state index is -0.106. The predicted molar refractivity (Wildman–Crippen MR) is 118 cm³/mol. The number of nitrogens with zero attached hydrogens (tertiary/aromatic N) is 3. The van der Waals surface area contributed by atoms with Gasteiger partial charge in [-0.25, -0.2) is 4.98 Å². The lowest BCUT2D eigenvalue weighted by molar-refractivity contribution is -0.113. The van der Waals surface area contributed by atoms with Gasteiger partial charge in [-0.1, -0.05) is 42.1 Å². The molecule has 0 bridgehead atoms. The molecule has 1 aliphatic rings. The molecule has 1 unspecified atom stereocenters. The Kier molecular flexibility index (Phi) is 6.18. The number of imidazole rings is 1. The van der Waals surface area contributed by atoms with Crippen molar-refractivity contribution in [1.82, 2.24) is 14.5 Å². The highest BCUT2D eigenvalue weighted by Crippen LogP contribution is 2.33. The van der Waals surface area contributed by atoms with Crippen molar-refractivity contribution in [1.29, 1.82) is 0 Å². The number of carbonyl (C=O) groups is 2. The molecule has 1 aromatic heterocycles. The molecule has 2 aromatic carbocycles. The second-order valence-electron chi connectivity index (χ2n) is 7.30. The SMILES string of the molecule is Cn1ccnc1SCC(=O)Nc1ccc(C(=O)N2CCCC2c2ccccc2)cc1. The summed E-state index contributed by atoms with van der Waals surface area (Å²) in [7, 11) is 1.89. The molecule has 0 radical (unpaired) electrons. The van der Waals surface area contributed by atoms with Gasteiger partial charge in [0.15, 0.2) is 5.16 Å². The van der Waals surface area contributed by atoms with Crippen LogP contribution >= 0.6 is 11.8 Å². The summed E-state index contributed by atoms with van der Waals surface area (Å²) in [5.74, 6) is 0.202. The maximum absolute atomic E-state index is 13.1. The highest BCUT2D eigenvalue weighted by molar-refractivity contribution is 7.99. The molecule has 4 rings (SSSR count). The summed E-state index contributed by atoms with van der Waals surface area (Å²) in [5.41, 5.74) is 2.49. The van der Waals surface area contributed by atoms with Crippen LogP contribution in [-0.2, 0) is 11.8 Å². The Balaban J connectivity index is 1.36. The van der Waals surface area contributed by atoms with Gasteiger partial charge in [0.25, 0.3) is 5.91 Å². The molecule has 154 valence electrons. The molecule has 3 aromatic rings. The van der Waals surface area contributed by atoms with E-state index in [9.17, 15) is 9.59 Å². The van der Waals surface area contributed by atoms with Crippen LogP contribution in [0.25, 0.3) is 0 Å². The average Bonchev–Trinajstić information content (AvgIpc) is 3.42. The van der Waals surface area contributed by atoms with Crippen LogP contribution in [0.15, 0.2) is 72.1 Å². The van der Waals surface area contributed by atoms with Crippen molar-refractivity contribution in [3.05, 3.63) is 78.1 Å². The molecule has 1 saturated heterocycles. The molecule has 1 N–H and O–H groups in total. The van der Waals surface area contributed by atoms with Gasteiger partial charge in [0, 0.05) is 37.2 Å². The fourth-order valence-corrected chi connectivity index (χ4v) is 4.44. The van der Waals surface area contributed by atoms with Crippen LogP contribution in [0.1, 0.15) is 34.8 Å². The zero-order chi connectivity index (χ0) is 20.9. The van der Waals surface area contributed by atoms with Crippen LogP contribution in [0, 0.1) is 0 Å². The van der Waals surface area contributed by atoms with Crippen LogP contribution in [0.2, 0.25) is 0 Å². The highest BCUT2D eigenvalue weighted by atomic mass is 32.2. The van der Waals surface area contributed by atoms with E-state index < -0.39 is 0 Å². The predicted octanol–water partition coefficient (Wildman–Crippen LogP) is 4.13. The molecule has 0 aliphatic carbocycles. The average molecular weight is 421 g/mol. The van der Waals surface area contributed by atoms with E-state index in [1.807, 2.05) is 40.9 Å². The Bertz CT molecular complexity index is 1020. The zero-order valence-corrected chi connectivity index (χ0v) is 17.6. The van der Waals surface area contributed by atoms with Crippen LogP contribution in [0.4, 0.5) is 5.69 Å². The topological polar surface area (TPSA) is 67.2 Å². The number of aromatic nitrogens is 2. The van der Waals surface area contributed by atoms with E-state index >= 15 is 0 Å². The monoisotopic (exact) mass is 420 g/mol. The number of rotatable bonds is 6. The van der Waals surface area contributed by atoms with Gasteiger partial charge >= 0.3 is 0 Å². The summed E-state index contributed by atoms with van der Waals surface area (Å²) >= 11 is 1.38. The lowest BCUT2D eigenvalue weighted by atomic mass is 10.0. The van der Waals surface area contributed by atoms with Gasteiger partial charge in [0.1, 0.15) is 0 Å². The summed E-state index contributed by atoms with van der Waals surface area (Å²) < 4.78 is 1.87. The molecular formula is C23H24N4O2S. The number of amides is 2. The summed E-state index contributed by atoms with van der Waals surface area (Å²) in [6.07, 6.45) is 5.54. The maximum Gasteiger partial charge on any atom is 0.254 e. The molecule has 2 heterocycles. The molecule has 1 aliphatic heterocycles. The van der Waals surface area contributed by atoms with E-state index in [0.717, 1.165) is 24.5 Å². The molecule has 0 spiro atoms. The van der Waals surface area contributed by atoms with E-state index in [-0.39, 0.29) is 23.6 Å². The van der Waals surface area contributed by atoms with Crippen molar-refractivity contribution in [3.8, 4) is 0 Å². The van der Waals surface area contributed by atoms with Crippen LogP contribution < -0.4 is 5.32 Å². The molecular weight excluding hydrogens is 396 g/mol. The van der Waals surface area contributed by atoms with E-state index in [0.29, 0.717) is 11.3 Å². The van der Waals surface area contributed by atoms with E-state index in [1.165, 1.54) is 17.3 Å². The minimum absolute atomic E-state index is 0.0320. The van der Waals surface area contributed by atoms with E-state index in [2.05, 4.69) is 22.4 Å². The van der Waals surface area contributed by atoms with Gasteiger partial charge in [-0.2, -0.15) is 0 Å². The normalized spacial score (nSPS) is 15.9. The van der Waals surface area contributed by atoms with Crippen molar-refractivity contribution in [2.24, 2.45) is 7.05 Å². The first-order valence-corrected chi connectivity index (χ1v) is 11.0. The van der Waals surface area contributed by atoms with Gasteiger partial charge in [0.2, 0.25) is 5.91 Å². The number of aryl methyl sites for hydroxylation is 1. The van der Waals surface area contributed by atoms with Gasteiger partial charge < -0.3 is 14.8 Å². The zero-order valence-electron chi connectivity index (χ0n) is 16.8. The number of carbonyl (C=O) groups excluding carboxylic acids is 2. The van der Waals surface area contributed by atoms with E-state index in [1.54, 1.807) is 30.5 Å². The Morgan fingerprint density at radius 1 is 1.13 bits per heavy atom. The van der Waals surface area contributed by atoms with Crippen LogP contribution in [0.5, 0.6) is 0 Å². The molecule has 1 atom stereocenters. The molecule has 7 heteroatoms. The standard InChI is InChI=1S/C23H24N4O2S/c1-26-15-13-24-23(26)30-16-21(28)25-19-11-9-18(10-12-19)22(29)27-14-5-8-20(27)17-6-3-2-4-7-17/h2-4,6-7,9-13,15,20H,5,8,14,16H2,1H3,(H,25,28). The molecule has 6 nitrogen and oxygen atoms in total. The number of benzene rings is 2. The fourth-order valence-electron chi connectivity index (χ4n) is 3.71. The molecule has 1 fully saturated rings. The first kappa shape index (κ1) is 20.2. The quantitative estimate of drug-likeness (QED) is 0.609. The number of hydrogen-bond donors (Lipinski definition) is 1. The lowest BCUT2D eigenvalue weighted by Crippen LogP contribution is -2.30. The van der Waals surface area contributed by atoms with Crippen molar-refractivity contribution in [2.45, 2.75) is 24.0 Å². The Hall–Kier alpha value is -3.06. The second kappa shape index (κ2) is 9.17. The number of nitrogens with one attached hydrogen (secondary N) is 1. The molecule has 2 amide bonds. The molecule has 0 saturated carbocycles. The van der Waals surface area contributed by atoms with Crippen molar-refractivity contribution >= 4 is 29.3 Å². The number of hydrogen-bond acceptors (Lipinski definition) is 4. The van der Waals surface area contributed by atoms with Crippen LogP contribution in [-0.4, -0.2) is 38.6 Å². The Morgan fingerprint density at radius 2 is 1.90 bits per heavy atom. The van der Waals surface area contributed by atoms with Gasteiger partial charge in [-0.3, -0.25) is 9.59 Å². The van der Waals surface area contributed by atoms with Gasteiger partial charge in [-0.15, -0.1) is 0 Å². The third-order valence-corrected chi connectivity index (χ3v) is 6.28. The second-order valence-corrected chi connectivity index (χ2v) is 8.24. The van der Waals surface area contributed by atoms with Crippen molar-refractivity contribution in [2.75, 3.05) is 17.6 Å². The Morgan fingerprint density at radius 3 is 2.60 bits per heavy atom.